The second-order valence-corrected chi connectivity index (χ2v) is 12.0. The van der Waals surface area contributed by atoms with Gasteiger partial charge in [-0.15, -0.1) is 0 Å². The average Bonchev–Trinajstić information content (AvgIpc) is 2.87. The van der Waals surface area contributed by atoms with Crippen molar-refractivity contribution < 1.29 is 19.1 Å². The topological polar surface area (TPSA) is 87.7 Å². The van der Waals surface area contributed by atoms with Gasteiger partial charge in [-0.3, -0.25) is 9.59 Å². The Bertz CT molecular complexity index is 1110. The van der Waals surface area contributed by atoms with Crippen molar-refractivity contribution in [2.75, 3.05) is 6.54 Å². The first kappa shape index (κ1) is 32.9. The van der Waals surface area contributed by atoms with Crippen LogP contribution in [0.4, 0.5) is 4.79 Å². The standard InChI is InChI=1S/C33H49N3O4/c1-9-10-14-20-36(31(38)28(21-23(2)3)35-32(39)40-33(6,7)8)29(27-19-15-16-24(4)25(27)5)30(37)34-22-26-17-12-11-13-18-26/h11-13,15-19,23,28-29H,9-10,14,20-22H2,1-8H3,(H,34,37)(H,35,39). The molecule has 0 aliphatic carbocycles. The summed E-state index contributed by atoms with van der Waals surface area (Å²) in [4.78, 5) is 42.8. The highest BCUT2D eigenvalue weighted by Gasteiger charge is 2.37. The lowest BCUT2D eigenvalue weighted by Crippen LogP contribution is -2.53. The van der Waals surface area contributed by atoms with Gasteiger partial charge in [0.05, 0.1) is 0 Å². The van der Waals surface area contributed by atoms with E-state index < -0.39 is 23.8 Å². The molecule has 2 atom stereocenters. The predicted molar refractivity (Wildman–Crippen MR) is 161 cm³/mol. The second-order valence-electron chi connectivity index (χ2n) is 12.0. The summed E-state index contributed by atoms with van der Waals surface area (Å²) < 4.78 is 5.49. The summed E-state index contributed by atoms with van der Waals surface area (Å²) in [5.41, 5.74) is 3.08. The van der Waals surface area contributed by atoms with Crippen LogP contribution in [0.5, 0.6) is 0 Å². The molecule has 2 unspecified atom stereocenters. The van der Waals surface area contributed by atoms with Crippen LogP contribution >= 0.6 is 0 Å². The van der Waals surface area contributed by atoms with E-state index in [0.29, 0.717) is 19.5 Å². The summed E-state index contributed by atoms with van der Waals surface area (Å²) in [5, 5.41) is 5.90. The van der Waals surface area contributed by atoms with Crippen LogP contribution in [0.3, 0.4) is 0 Å². The lowest BCUT2D eigenvalue weighted by molar-refractivity contribution is -0.143. The number of ether oxygens (including phenoxy) is 1. The molecule has 2 aromatic carbocycles. The lowest BCUT2D eigenvalue weighted by atomic mass is 9.94. The number of amides is 3. The van der Waals surface area contributed by atoms with Crippen molar-refractivity contribution in [3.05, 3.63) is 70.8 Å². The Balaban J connectivity index is 2.53. The number of carbonyl (C=O) groups excluding carboxylic acids is 3. The van der Waals surface area contributed by atoms with Gasteiger partial charge in [-0.1, -0.05) is 82.1 Å². The zero-order valence-corrected chi connectivity index (χ0v) is 25.7. The van der Waals surface area contributed by atoms with Gasteiger partial charge >= 0.3 is 6.09 Å². The van der Waals surface area contributed by atoms with Crippen LogP contribution in [-0.4, -0.2) is 41.0 Å². The van der Waals surface area contributed by atoms with Crippen molar-refractivity contribution in [2.24, 2.45) is 5.92 Å². The molecule has 0 fully saturated rings. The van der Waals surface area contributed by atoms with Gasteiger partial charge < -0.3 is 20.3 Å². The van der Waals surface area contributed by atoms with E-state index in [1.807, 2.05) is 76.2 Å². The summed E-state index contributed by atoms with van der Waals surface area (Å²) >= 11 is 0. The summed E-state index contributed by atoms with van der Waals surface area (Å²) in [6.07, 6.45) is 2.42. The highest BCUT2D eigenvalue weighted by atomic mass is 16.6. The highest BCUT2D eigenvalue weighted by molar-refractivity contribution is 5.92. The number of nitrogens with one attached hydrogen (secondary N) is 2. The van der Waals surface area contributed by atoms with Crippen molar-refractivity contribution in [1.82, 2.24) is 15.5 Å². The summed E-state index contributed by atoms with van der Waals surface area (Å²) in [6, 6.07) is 13.9. The van der Waals surface area contributed by atoms with Gasteiger partial charge in [0, 0.05) is 13.1 Å². The van der Waals surface area contributed by atoms with E-state index >= 15 is 0 Å². The zero-order valence-electron chi connectivity index (χ0n) is 25.7. The van der Waals surface area contributed by atoms with Crippen LogP contribution in [0.2, 0.25) is 0 Å². The van der Waals surface area contributed by atoms with Gasteiger partial charge in [-0.2, -0.15) is 0 Å². The van der Waals surface area contributed by atoms with E-state index in [4.69, 9.17) is 4.74 Å². The Morgan fingerprint density at radius 3 is 2.23 bits per heavy atom. The third kappa shape index (κ3) is 10.3. The number of aryl methyl sites for hydroxylation is 1. The van der Waals surface area contributed by atoms with Gasteiger partial charge in [-0.25, -0.2) is 4.79 Å². The maximum Gasteiger partial charge on any atom is 0.408 e. The number of hydrogen-bond acceptors (Lipinski definition) is 4. The minimum Gasteiger partial charge on any atom is -0.444 e. The van der Waals surface area contributed by atoms with Gasteiger partial charge in [0.25, 0.3) is 0 Å². The van der Waals surface area contributed by atoms with Crippen LogP contribution in [0, 0.1) is 19.8 Å². The first-order valence-corrected chi connectivity index (χ1v) is 14.5. The molecule has 7 heteroatoms. The molecule has 0 bridgehead atoms. The molecular formula is C33H49N3O4. The Labute approximate surface area is 241 Å². The van der Waals surface area contributed by atoms with Gasteiger partial charge in [0.1, 0.15) is 17.7 Å². The van der Waals surface area contributed by atoms with Crippen molar-refractivity contribution in [3.8, 4) is 0 Å². The van der Waals surface area contributed by atoms with Crippen LogP contribution < -0.4 is 10.6 Å². The molecule has 2 aromatic rings. The van der Waals surface area contributed by atoms with Crippen LogP contribution in [0.25, 0.3) is 0 Å². The molecule has 0 radical (unpaired) electrons. The number of unbranched alkanes of at least 4 members (excludes halogenated alkanes) is 2. The molecule has 0 heterocycles. The van der Waals surface area contributed by atoms with Crippen molar-refractivity contribution in [2.45, 2.75) is 105 Å². The summed E-state index contributed by atoms with van der Waals surface area (Å²) in [5.74, 6) is -0.396. The molecule has 2 rings (SSSR count). The average molecular weight is 552 g/mol. The SMILES string of the molecule is CCCCCN(C(=O)C(CC(C)C)NC(=O)OC(C)(C)C)C(C(=O)NCc1ccccc1)c1cccc(C)c1C. The van der Waals surface area contributed by atoms with Gasteiger partial charge in [0.2, 0.25) is 11.8 Å². The minimum absolute atomic E-state index is 0.132. The molecule has 2 N–H and O–H groups in total. The smallest absolute Gasteiger partial charge is 0.408 e. The van der Waals surface area contributed by atoms with Gasteiger partial charge in [0.15, 0.2) is 0 Å². The fourth-order valence-corrected chi connectivity index (χ4v) is 4.64. The van der Waals surface area contributed by atoms with Crippen molar-refractivity contribution >= 4 is 17.9 Å². The maximum absolute atomic E-state index is 14.3. The lowest BCUT2D eigenvalue weighted by Gasteiger charge is -2.36. The van der Waals surface area contributed by atoms with E-state index in [9.17, 15) is 14.4 Å². The van der Waals surface area contributed by atoms with Crippen LogP contribution in [0.1, 0.15) is 95.5 Å². The molecule has 7 nitrogen and oxygen atoms in total. The molecule has 220 valence electrons. The quantitative estimate of drug-likeness (QED) is 0.274. The first-order chi connectivity index (χ1) is 18.8. The molecule has 0 aromatic heterocycles. The maximum atomic E-state index is 14.3. The van der Waals surface area contributed by atoms with E-state index in [1.165, 1.54) is 0 Å². The molecule has 3 amide bonds. The van der Waals surface area contributed by atoms with Crippen LogP contribution in [0.15, 0.2) is 48.5 Å². The molecular weight excluding hydrogens is 502 g/mol. The number of alkyl carbamates (subject to hydrolysis) is 1. The largest absolute Gasteiger partial charge is 0.444 e. The van der Waals surface area contributed by atoms with E-state index in [0.717, 1.165) is 41.5 Å². The second kappa shape index (κ2) is 15.4. The van der Waals surface area contributed by atoms with Crippen molar-refractivity contribution in [3.63, 3.8) is 0 Å². The molecule has 0 saturated heterocycles. The van der Waals surface area contributed by atoms with Gasteiger partial charge in [-0.05, 0) is 75.6 Å². The monoisotopic (exact) mass is 551 g/mol. The summed E-state index contributed by atoms with van der Waals surface area (Å²) in [7, 11) is 0. The third-order valence-electron chi connectivity index (χ3n) is 6.79. The summed E-state index contributed by atoms with van der Waals surface area (Å²) in [6.45, 7) is 16.2. The Morgan fingerprint density at radius 2 is 1.62 bits per heavy atom. The molecule has 0 spiro atoms. The minimum atomic E-state index is -0.844. The van der Waals surface area contributed by atoms with E-state index in [-0.39, 0.29) is 17.7 Å². The number of nitrogens with zero attached hydrogens (tertiary/aromatic N) is 1. The highest BCUT2D eigenvalue weighted by Crippen LogP contribution is 2.28. The molecule has 0 saturated carbocycles. The Kier molecular flexibility index (Phi) is 12.7. The molecule has 40 heavy (non-hydrogen) atoms. The number of rotatable bonds is 13. The number of benzene rings is 2. The van der Waals surface area contributed by atoms with Crippen molar-refractivity contribution in [1.29, 1.82) is 0 Å². The number of carbonyl (C=O) groups is 3. The Hall–Kier alpha value is -3.35. The van der Waals surface area contributed by atoms with E-state index in [1.54, 1.807) is 25.7 Å². The molecule has 0 aliphatic rings. The first-order valence-electron chi connectivity index (χ1n) is 14.5. The third-order valence-corrected chi connectivity index (χ3v) is 6.79. The fraction of sp³-hybridized carbons (Fsp3) is 0.545. The van der Waals surface area contributed by atoms with E-state index in [2.05, 4.69) is 17.6 Å². The molecule has 0 aliphatic heterocycles. The van der Waals surface area contributed by atoms with Crippen LogP contribution in [-0.2, 0) is 20.9 Å². The predicted octanol–water partition coefficient (Wildman–Crippen LogP) is 6.62. The normalized spacial score (nSPS) is 12.9. The number of hydrogen-bond donors (Lipinski definition) is 2. The Morgan fingerprint density at radius 1 is 0.950 bits per heavy atom. The zero-order chi connectivity index (χ0) is 29.9. The fourth-order valence-electron chi connectivity index (χ4n) is 4.64.